The maximum atomic E-state index is 11.9. The molecule has 0 atom stereocenters. The molecule has 0 unspecified atom stereocenters. The van der Waals surface area contributed by atoms with Crippen LogP contribution in [0, 0.1) is 0 Å². The predicted molar refractivity (Wildman–Crippen MR) is 82.4 cm³/mol. The molecule has 21 heavy (non-hydrogen) atoms. The van der Waals surface area contributed by atoms with E-state index in [1.165, 1.54) is 0 Å². The number of aromatic nitrogens is 1. The summed E-state index contributed by atoms with van der Waals surface area (Å²) in [6.45, 7) is 1.24. The van der Waals surface area contributed by atoms with E-state index in [0.717, 1.165) is 10.9 Å². The van der Waals surface area contributed by atoms with Crippen molar-refractivity contribution < 1.29 is 9.90 Å². The summed E-state index contributed by atoms with van der Waals surface area (Å²) in [5, 5.41) is 13.3. The highest BCUT2D eigenvalue weighted by Crippen LogP contribution is 2.20. The molecule has 2 aromatic carbocycles. The lowest BCUT2D eigenvalue weighted by Crippen LogP contribution is -2.26. The molecule has 106 valence electrons. The highest BCUT2D eigenvalue weighted by atomic mass is 16.3. The molecule has 1 amide bonds. The molecule has 0 saturated heterocycles. The number of rotatable bonds is 4. The average molecular weight is 280 g/mol. The van der Waals surface area contributed by atoms with Gasteiger partial charge in [-0.05, 0) is 36.4 Å². The fourth-order valence-electron chi connectivity index (χ4n) is 2.36. The number of carbonyl (C=O) groups excluding carboxylic acids is 1. The molecule has 0 radical (unpaired) electrons. The lowest BCUT2D eigenvalue weighted by molar-refractivity contribution is 0.0952. The second kappa shape index (κ2) is 5.71. The van der Waals surface area contributed by atoms with Gasteiger partial charge in [0.05, 0.1) is 0 Å². The van der Waals surface area contributed by atoms with Gasteiger partial charge in [-0.3, -0.25) is 4.79 Å². The first-order valence-electron chi connectivity index (χ1n) is 6.85. The average Bonchev–Trinajstić information content (AvgIpc) is 2.90. The molecule has 1 aromatic heterocycles. The lowest BCUT2D eigenvalue weighted by atomic mass is 10.2. The number of amides is 1. The van der Waals surface area contributed by atoms with E-state index >= 15 is 0 Å². The van der Waals surface area contributed by atoms with E-state index in [4.69, 9.17) is 0 Å². The zero-order chi connectivity index (χ0) is 14.7. The Hall–Kier alpha value is -2.75. The molecule has 0 aliphatic heterocycles. The maximum absolute atomic E-state index is 11.9. The van der Waals surface area contributed by atoms with Gasteiger partial charge in [0.25, 0.3) is 5.91 Å². The van der Waals surface area contributed by atoms with Gasteiger partial charge in [0, 0.05) is 35.8 Å². The molecule has 2 N–H and O–H groups in total. The van der Waals surface area contributed by atoms with Crippen LogP contribution in [-0.2, 0) is 6.54 Å². The molecule has 0 spiro atoms. The van der Waals surface area contributed by atoms with Gasteiger partial charge < -0.3 is 15.0 Å². The molecule has 0 saturated carbocycles. The van der Waals surface area contributed by atoms with Crippen LogP contribution >= 0.6 is 0 Å². The van der Waals surface area contributed by atoms with Crippen LogP contribution in [0.3, 0.4) is 0 Å². The lowest BCUT2D eigenvalue weighted by Gasteiger charge is -2.08. The Labute approximate surface area is 122 Å². The third-order valence-corrected chi connectivity index (χ3v) is 3.43. The maximum Gasteiger partial charge on any atom is 0.251 e. The smallest absolute Gasteiger partial charge is 0.251 e. The quantitative estimate of drug-likeness (QED) is 0.772. The minimum absolute atomic E-state index is 0.0651. The van der Waals surface area contributed by atoms with Gasteiger partial charge in [-0.15, -0.1) is 0 Å². The van der Waals surface area contributed by atoms with Crippen molar-refractivity contribution in [2.75, 3.05) is 6.54 Å². The van der Waals surface area contributed by atoms with Crippen molar-refractivity contribution in [2.24, 2.45) is 0 Å². The number of aromatic hydroxyl groups is 1. The molecule has 1 heterocycles. The number of nitrogens with zero attached hydrogens (tertiary/aromatic N) is 1. The van der Waals surface area contributed by atoms with E-state index in [1.807, 2.05) is 36.5 Å². The summed E-state index contributed by atoms with van der Waals surface area (Å²) in [4.78, 5) is 11.9. The monoisotopic (exact) mass is 280 g/mol. The van der Waals surface area contributed by atoms with Gasteiger partial charge in [0.2, 0.25) is 0 Å². The van der Waals surface area contributed by atoms with Crippen LogP contribution in [0.2, 0.25) is 0 Å². The SMILES string of the molecule is O=C(NCCn1ccc2cc(O)ccc21)c1ccccc1. The predicted octanol–water partition coefficient (Wildman–Crippen LogP) is 2.78. The van der Waals surface area contributed by atoms with Gasteiger partial charge in [0.1, 0.15) is 5.75 Å². The van der Waals surface area contributed by atoms with Gasteiger partial charge in [-0.2, -0.15) is 0 Å². The second-order valence-corrected chi connectivity index (χ2v) is 4.87. The molecule has 3 rings (SSSR count). The number of benzene rings is 2. The van der Waals surface area contributed by atoms with Crippen molar-refractivity contribution in [1.29, 1.82) is 0 Å². The van der Waals surface area contributed by atoms with Crippen molar-refractivity contribution in [2.45, 2.75) is 6.54 Å². The number of carbonyl (C=O) groups is 1. The summed E-state index contributed by atoms with van der Waals surface area (Å²) in [5.41, 5.74) is 1.71. The summed E-state index contributed by atoms with van der Waals surface area (Å²) in [6.07, 6.45) is 1.96. The first kappa shape index (κ1) is 13.2. The molecule has 4 heteroatoms. The minimum Gasteiger partial charge on any atom is -0.508 e. The van der Waals surface area contributed by atoms with Crippen LogP contribution in [-0.4, -0.2) is 22.1 Å². The number of hydrogen-bond acceptors (Lipinski definition) is 2. The van der Waals surface area contributed by atoms with Crippen molar-refractivity contribution in [3.05, 3.63) is 66.4 Å². The Kier molecular flexibility index (Phi) is 3.60. The van der Waals surface area contributed by atoms with E-state index in [9.17, 15) is 9.90 Å². The summed E-state index contributed by atoms with van der Waals surface area (Å²) >= 11 is 0. The van der Waals surface area contributed by atoms with Crippen LogP contribution < -0.4 is 5.32 Å². The van der Waals surface area contributed by atoms with Crippen LogP contribution in [0.5, 0.6) is 5.75 Å². The molecular formula is C17H16N2O2. The first-order chi connectivity index (χ1) is 10.2. The zero-order valence-electron chi connectivity index (χ0n) is 11.5. The van der Waals surface area contributed by atoms with Crippen LogP contribution in [0.1, 0.15) is 10.4 Å². The van der Waals surface area contributed by atoms with E-state index < -0.39 is 0 Å². The number of fused-ring (bicyclic) bond motifs is 1. The third kappa shape index (κ3) is 2.89. The topological polar surface area (TPSA) is 54.3 Å². The van der Waals surface area contributed by atoms with Crippen LogP contribution in [0.25, 0.3) is 10.9 Å². The van der Waals surface area contributed by atoms with Crippen LogP contribution in [0.4, 0.5) is 0 Å². The molecule has 0 bridgehead atoms. The standard InChI is InChI=1S/C17H16N2O2/c20-15-6-7-16-14(12-15)8-10-19(16)11-9-18-17(21)13-4-2-1-3-5-13/h1-8,10,12,20H,9,11H2,(H,18,21). The van der Waals surface area contributed by atoms with Gasteiger partial charge in [0.15, 0.2) is 0 Å². The fraction of sp³-hybridized carbons (Fsp3) is 0.118. The Morgan fingerprint density at radius 2 is 1.90 bits per heavy atom. The van der Waals surface area contributed by atoms with Crippen LogP contribution in [0.15, 0.2) is 60.8 Å². The fourth-order valence-corrected chi connectivity index (χ4v) is 2.36. The normalized spacial score (nSPS) is 10.7. The molecule has 4 nitrogen and oxygen atoms in total. The second-order valence-electron chi connectivity index (χ2n) is 4.87. The molecule has 0 aliphatic rings. The summed E-state index contributed by atoms with van der Waals surface area (Å²) in [7, 11) is 0. The zero-order valence-corrected chi connectivity index (χ0v) is 11.5. The Balaban J connectivity index is 1.63. The largest absolute Gasteiger partial charge is 0.508 e. The summed E-state index contributed by atoms with van der Waals surface area (Å²) in [5.74, 6) is 0.197. The van der Waals surface area contributed by atoms with Crippen molar-refractivity contribution in [3.8, 4) is 5.75 Å². The Bertz CT molecular complexity index is 763. The van der Waals surface area contributed by atoms with Gasteiger partial charge in [-0.1, -0.05) is 18.2 Å². The number of phenols is 1. The van der Waals surface area contributed by atoms with E-state index in [2.05, 4.69) is 9.88 Å². The van der Waals surface area contributed by atoms with Crippen molar-refractivity contribution in [3.63, 3.8) is 0 Å². The number of hydrogen-bond donors (Lipinski definition) is 2. The molecule has 3 aromatic rings. The number of phenolic OH excluding ortho intramolecular Hbond substituents is 1. The van der Waals surface area contributed by atoms with Gasteiger partial charge in [-0.25, -0.2) is 0 Å². The molecule has 0 aliphatic carbocycles. The number of nitrogens with one attached hydrogen (secondary N) is 1. The summed E-state index contributed by atoms with van der Waals surface area (Å²) < 4.78 is 2.06. The molecular weight excluding hydrogens is 264 g/mol. The molecule has 0 fully saturated rings. The Morgan fingerprint density at radius 1 is 1.10 bits per heavy atom. The van der Waals surface area contributed by atoms with E-state index in [-0.39, 0.29) is 11.7 Å². The Morgan fingerprint density at radius 3 is 2.71 bits per heavy atom. The minimum atomic E-state index is -0.0651. The van der Waals surface area contributed by atoms with E-state index in [1.54, 1.807) is 24.3 Å². The van der Waals surface area contributed by atoms with Gasteiger partial charge >= 0.3 is 0 Å². The third-order valence-electron chi connectivity index (χ3n) is 3.43. The highest BCUT2D eigenvalue weighted by molar-refractivity contribution is 5.94. The summed E-state index contributed by atoms with van der Waals surface area (Å²) in [6, 6.07) is 16.4. The van der Waals surface area contributed by atoms with Crippen molar-refractivity contribution in [1.82, 2.24) is 9.88 Å². The van der Waals surface area contributed by atoms with E-state index in [0.29, 0.717) is 18.7 Å². The van der Waals surface area contributed by atoms with Crippen molar-refractivity contribution >= 4 is 16.8 Å². The highest BCUT2D eigenvalue weighted by Gasteiger charge is 2.05. The first-order valence-corrected chi connectivity index (χ1v) is 6.85.